The molecule has 4 rings (SSSR count). The first-order chi connectivity index (χ1) is 16.3. The molecule has 1 atom stereocenters. The molecule has 0 saturated heterocycles. The smallest absolute Gasteiger partial charge is 0.310 e. The van der Waals surface area contributed by atoms with Gasteiger partial charge in [-0.05, 0) is 66.1 Å². The van der Waals surface area contributed by atoms with Gasteiger partial charge in [0, 0.05) is 6.07 Å². The number of nitro benzene ring substituents is 1. The number of anilines is 3. The van der Waals surface area contributed by atoms with Crippen molar-refractivity contribution in [1.29, 1.82) is 0 Å². The Morgan fingerprint density at radius 2 is 1.76 bits per heavy atom. The first-order valence-electron chi connectivity index (χ1n) is 10.5. The maximum atomic E-state index is 12.9. The summed E-state index contributed by atoms with van der Waals surface area (Å²) in [5, 5.41) is 17.3. The van der Waals surface area contributed by atoms with Gasteiger partial charge in [0.2, 0.25) is 5.91 Å². The second-order valence-electron chi connectivity index (χ2n) is 7.82. The summed E-state index contributed by atoms with van der Waals surface area (Å²) < 4.78 is 5.17. The fourth-order valence-electron chi connectivity index (χ4n) is 4.00. The van der Waals surface area contributed by atoms with Crippen LogP contribution in [0.15, 0.2) is 54.6 Å². The Morgan fingerprint density at radius 3 is 2.44 bits per heavy atom. The monoisotopic (exact) mass is 461 g/mol. The SMILES string of the molecule is COc1cc(-c2ccc3c(c2)Nc2ccc(C(CCN)C(N)=O)cc2NC3=O)ccc1[N+](=O)[O-]. The van der Waals surface area contributed by atoms with Crippen molar-refractivity contribution < 1.29 is 19.2 Å². The number of nitrogens with two attached hydrogens (primary N) is 2. The van der Waals surface area contributed by atoms with Gasteiger partial charge >= 0.3 is 5.69 Å². The first-order valence-corrected chi connectivity index (χ1v) is 10.5. The van der Waals surface area contributed by atoms with Gasteiger partial charge in [-0.3, -0.25) is 19.7 Å². The molecular formula is C24H23N5O5. The third-order valence-electron chi connectivity index (χ3n) is 5.74. The van der Waals surface area contributed by atoms with Crippen molar-refractivity contribution in [1.82, 2.24) is 0 Å². The van der Waals surface area contributed by atoms with E-state index in [0.717, 1.165) is 5.56 Å². The molecule has 6 N–H and O–H groups in total. The summed E-state index contributed by atoms with van der Waals surface area (Å²) in [4.78, 5) is 35.5. The summed E-state index contributed by atoms with van der Waals surface area (Å²) in [6.07, 6.45) is 0.401. The highest BCUT2D eigenvalue weighted by Crippen LogP contribution is 2.38. The molecule has 1 aliphatic rings. The molecule has 1 aliphatic heterocycles. The zero-order valence-electron chi connectivity index (χ0n) is 18.3. The molecule has 1 unspecified atom stereocenters. The lowest BCUT2D eigenvalue weighted by Gasteiger charge is -2.16. The average molecular weight is 461 g/mol. The van der Waals surface area contributed by atoms with Crippen molar-refractivity contribution in [2.75, 3.05) is 24.3 Å². The minimum Gasteiger partial charge on any atom is -0.490 e. The third kappa shape index (κ3) is 4.26. The van der Waals surface area contributed by atoms with Crippen LogP contribution in [0.5, 0.6) is 5.75 Å². The van der Waals surface area contributed by atoms with Gasteiger partial charge in [-0.1, -0.05) is 12.1 Å². The van der Waals surface area contributed by atoms with Crippen LogP contribution in [-0.2, 0) is 4.79 Å². The highest BCUT2D eigenvalue weighted by Gasteiger charge is 2.23. The minimum absolute atomic E-state index is 0.132. The number of primary amides is 1. The highest BCUT2D eigenvalue weighted by molar-refractivity contribution is 6.12. The zero-order valence-corrected chi connectivity index (χ0v) is 18.3. The Balaban J connectivity index is 1.72. The van der Waals surface area contributed by atoms with Crippen molar-refractivity contribution in [3.63, 3.8) is 0 Å². The Morgan fingerprint density at radius 1 is 1.03 bits per heavy atom. The van der Waals surface area contributed by atoms with Crippen LogP contribution in [0.4, 0.5) is 22.7 Å². The third-order valence-corrected chi connectivity index (χ3v) is 5.74. The molecule has 3 aromatic carbocycles. The molecule has 10 nitrogen and oxygen atoms in total. The Labute approximate surface area is 195 Å². The molecular weight excluding hydrogens is 438 g/mol. The zero-order chi connectivity index (χ0) is 24.4. The molecule has 1 heterocycles. The van der Waals surface area contributed by atoms with E-state index in [0.29, 0.717) is 46.7 Å². The van der Waals surface area contributed by atoms with Crippen molar-refractivity contribution in [3.8, 4) is 16.9 Å². The van der Waals surface area contributed by atoms with Crippen LogP contribution >= 0.6 is 0 Å². The normalized spacial score (nSPS) is 12.9. The highest BCUT2D eigenvalue weighted by atomic mass is 16.6. The van der Waals surface area contributed by atoms with Crippen molar-refractivity contribution >= 4 is 34.6 Å². The number of ether oxygens (including phenoxy) is 1. The van der Waals surface area contributed by atoms with Gasteiger partial charge in [0.05, 0.1) is 40.6 Å². The number of fused-ring (bicyclic) bond motifs is 2. The van der Waals surface area contributed by atoms with Crippen LogP contribution in [0.25, 0.3) is 11.1 Å². The minimum atomic E-state index is -0.554. The second-order valence-corrected chi connectivity index (χ2v) is 7.82. The number of benzene rings is 3. The van der Waals surface area contributed by atoms with Crippen molar-refractivity contribution in [2.45, 2.75) is 12.3 Å². The van der Waals surface area contributed by atoms with E-state index in [1.165, 1.54) is 13.2 Å². The van der Waals surface area contributed by atoms with Crippen LogP contribution < -0.4 is 26.8 Å². The van der Waals surface area contributed by atoms with Gasteiger partial charge in [-0.15, -0.1) is 0 Å². The number of methoxy groups -OCH3 is 1. The fourth-order valence-corrected chi connectivity index (χ4v) is 4.00. The van der Waals surface area contributed by atoms with Crippen LogP contribution in [-0.4, -0.2) is 30.4 Å². The van der Waals surface area contributed by atoms with Crippen LogP contribution in [0.2, 0.25) is 0 Å². The molecule has 0 aliphatic carbocycles. The van der Waals surface area contributed by atoms with E-state index >= 15 is 0 Å². The summed E-state index contributed by atoms with van der Waals surface area (Å²) in [7, 11) is 1.37. The maximum absolute atomic E-state index is 12.9. The number of carbonyl (C=O) groups is 2. The van der Waals surface area contributed by atoms with E-state index in [-0.39, 0.29) is 17.3 Å². The van der Waals surface area contributed by atoms with Crippen LogP contribution in [0.3, 0.4) is 0 Å². The molecule has 0 saturated carbocycles. The van der Waals surface area contributed by atoms with Crippen LogP contribution in [0.1, 0.15) is 28.3 Å². The number of nitro groups is 1. The lowest BCUT2D eigenvalue weighted by atomic mass is 9.94. The number of hydrogen-bond acceptors (Lipinski definition) is 7. The number of nitrogens with one attached hydrogen (secondary N) is 2. The second kappa shape index (κ2) is 9.20. The largest absolute Gasteiger partial charge is 0.490 e. The summed E-state index contributed by atoms with van der Waals surface area (Å²) in [5.74, 6) is -1.21. The topological polar surface area (TPSA) is 163 Å². The molecule has 0 bridgehead atoms. The predicted molar refractivity (Wildman–Crippen MR) is 128 cm³/mol. The lowest BCUT2D eigenvalue weighted by molar-refractivity contribution is -0.385. The van der Waals surface area contributed by atoms with E-state index in [1.54, 1.807) is 48.5 Å². The summed E-state index contributed by atoms with van der Waals surface area (Å²) in [5.41, 5.74) is 15.3. The molecule has 174 valence electrons. The summed E-state index contributed by atoms with van der Waals surface area (Å²) in [6, 6.07) is 15.1. The quantitative estimate of drug-likeness (QED) is 0.309. The molecule has 0 aromatic heterocycles. The van der Waals surface area contributed by atoms with Gasteiger partial charge in [-0.25, -0.2) is 0 Å². The van der Waals surface area contributed by atoms with Crippen LogP contribution in [0, 0.1) is 10.1 Å². The van der Waals surface area contributed by atoms with E-state index in [9.17, 15) is 19.7 Å². The van der Waals surface area contributed by atoms with Gasteiger partial charge in [-0.2, -0.15) is 0 Å². The first kappa shape index (κ1) is 22.7. The Hall–Kier alpha value is -4.44. The summed E-state index contributed by atoms with van der Waals surface area (Å²) in [6.45, 7) is 0.303. The van der Waals surface area contributed by atoms with Gasteiger partial charge < -0.3 is 26.8 Å². The Kier molecular flexibility index (Phi) is 6.15. The molecule has 3 aromatic rings. The fraction of sp³-hybridized carbons (Fsp3) is 0.167. The van der Waals surface area contributed by atoms with E-state index < -0.39 is 16.7 Å². The number of nitrogens with zero attached hydrogens (tertiary/aromatic N) is 1. The Bertz CT molecular complexity index is 1310. The number of hydrogen-bond donors (Lipinski definition) is 4. The number of rotatable bonds is 7. The summed E-state index contributed by atoms with van der Waals surface area (Å²) >= 11 is 0. The number of carbonyl (C=O) groups excluding carboxylic acids is 2. The molecule has 0 radical (unpaired) electrons. The van der Waals surface area contributed by atoms with Gasteiger partial charge in [0.1, 0.15) is 0 Å². The average Bonchev–Trinajstić information content (AvgIpc) is 2.96. The van der Waals surface area contributed by atoms with Gasteiger partial charge in [0.15, 0.2) is 5.75 Å². The number of amides is 2. The van der Waals surface area contributed by atoms with Gasteiger partial charge in [0.25, 0.3) is 5.91 Å². The molecule has 34 heavy (non-hydrogen) atoms. The maximum Gasteiger partial charge on any atom is 0.310 e. The van der Waals surface area contributed by atoms with E-state index in [4.69, 9.17) is 16.2 Å². The molecule has 2 amide bonds. The van der Waals surface area contributed by atoms with E-state index in [1.807, 2.05) is 0 Å². The van der Waals surface area contributed by atoms with E-state index in [2.05, 4.69) is 10.6 Å². The molecule has 0 spiro atoms. The standard InChI is InChI=1S/C24H23N5O5/c1-34-22-12-14(4-7-21(22)29(32)33)13-2-5-17-19(10-13)27-18-6-3-15(11-20(18)28-24(17)31)16(8-9-25)23(26)30/h2-7,10-12,16,27H,8-9,25H2,1H3,(H2,26,30)(H,28,31). The lowest BCUT2D eigenvalue weighted by Crippen LogP contribution is -2.24. The van der Waals surface area contributed by atoms with Crippen molar-refractivity contribution in [3.05, 3.63) is 75.8 Å². The van der Waals surface area contributed by atoms with Crippen molar-refractivity contribution in [2.24, 2.45) is 11.5 Å². The molecule has 10 heteroatoms. The predicted octanol–water partition coefficient (Wildman–Crippen LogP) is 3.50. The molecule has 0 fully saturated rings.